The Morgan fingerprint density at radius 3 is 2.52 bits per heavy atom. The molecule has 2 aliphatic rings. The van der Waals surface area contributed by atoms with Crippen molar-refractivity contribution >= 4 is 33.8 Å². The van der Waals surface area contributed by atoms with Gasteiger partial charge in [-0.05, 0) is 30.4 Å². The van der Waals surface area contributed by atoms with Gasteiger partial charge in [0.05, 0.1) is 33.8 Å². The first-order valence-electron chi connectivity index (χ1n) is 7.40. The lowest BCUT2D eigenvalue weighted by atomic mass is 10.00. The van der Waals surface area contributed by atoms with Gasteiger partial charge in [-0.15, -0.1) is 0 Å². The zero-order chi connectivity index (χ0) is 19.9. The number of β-lactam (4-membered cyclic amide) rings is 1. The van der Waals surface area contributed by atoms with Crippen LogP contribution in [0.1, 0.15) is 5.69 Å². The van der Waals surface area contributed by atoms with E-state index < -0.39 is 49.2 Å². The van der Waals surface area contributed by atoms with Crippen molar-refractivity contribution in [2.45, 2.75) is 5.37 Å². The van der Waals surface area contributed by atoms with Gasteiger partial charge in [-0.25, -0.2) is 8.42 Å². The summed E-state index contributed by atoms with van der Waals surface area (Å²) < 4.78 is 25.5. The molecule has 1 atom stereocenters. The third-order valence-corrected chi connectivity index (χ3v) is 5.93. The third-order valence-electron chi connectivity index (χ3n) is 3.97. The van der Waals surface area contributed by atoms with Crippen LogP contribution in [0.15, 0.2) is 64.9 Å². The maximum atomic E-state index is 12.7. The zero-order valence-corrected chi connectivity index (χ0v) is 14.3. The highest BCUT2D eigenvalue weighted by Gasteiger charge is 2.56. The van der Waals surface area contributed by atoms with E-state index in [1.807, 2.05) is 0 Å². The van der Waals surface area contributed by atoms with E-state index >= 15 is 0 Å². The van der Waals surface area contributed by atoms with Crippen LogP contribution in [0.2, 0.25) is 0 Å². The summed E-state index contributed by atoms with van der Waals surface area (Å²) in [5.74, 6) is -4.40. The van der Waals surface area contributed by atoms with Crippen molar-refractivity contribution in [2.24, 2.45) is 0 Å². The lowest BCUT2D eigenvalue weighted by Gasteiger charge is -2.47. The van der Waals surface area contributed by atoms with Gasteiger partial charge < -0.3 is 19.8 Å². The van der Waals surface area contributed by atoms with Gasteiger partial charge in [0, 0.05) is 11.8 Å². The molecule has 0 spiro atoms. The Hall–Kier alpha value is -3.53. The van der Waals surface area contributed by atoms with E-state index in [4.69, 9.17) is 0 Å². The van der Waals surface area contributed by atoms with Crippen molar-refractivity contribution < 1.29 is 33.0 Å². The number of fused-ring (bicyclic) bond motifs is 1. The van der Waals surface area contributed by atoms with Gasteiger partial charge in [-0.1, -0.05) is 12.6 Å². The zero-order valence-electron chi connectivity index (χ0n) is 13.5. The Balaban J connectivity index is 2.18. The van der Waals surface area contributed by atoms with Crippen LogP contribution in [0.3, 0.4) is 0 Å². The molecule has 138 valence electrons. The molecule has 1 amide bonds. The maximum Gasteiger partial charge on any atom is 0.258 e. The standard InChI is InChI=1S/C17H12N2O7S/c1-9-11(5-6-13(20)21)14(17(23)24)19-15(22)12(16(19)27(9,25)26)8-10-4-2-3-7-18-10/h2-8,16H,1H2,(H,20,21)(H,23,24)/p-2/b6-5+,12-8-. The Bertz CT molecular complexity index is 1080. The summed E-state index contributed by atoms with van der Waals surface area (Å²) in [5, 5.41) is 20.5. The average Bonchev–Trinajstić information content (AvgIpc) is 2.61. The molecule has 2 aliphatic heterocycles. The number of pyridine rings is 1. The third kappa shape index (κ3) is 2.85. The second-order valence-corrected chi connectivity index (χ2v) is 7.58. The smallest absolute Gasteiger partial charge is 0.258 e. The molecule has 9 nitrogen and oxygen atoms in total. The molecule has 1 fully saturated rings. The fourth-order valence-corrected chi connectivity index (χ4v) is 4.51. The number of carbonyl (C=O) groups is 3. The number of amides is 1. The number of aromatic nitrogens is 1. The van der Waals surface area contributed by atoms with Crippen LogP contribution in [0.5, 0.6) is 0 Å². The quantitative estimate of drug-likeness (QED) is 0.422. The van der Waals surface area contributed by atoms with Crippen LogP contribution < -0.4 is 10.2 Å². The van der Waals surface area contributed by atoms with Gasteiger partial charge in [0.1, 0.15) is 0 Å². The van der Waals surface area contributed by atoms with Gasteiger partial charge in [0.2, 0.25) is 9.84 Å². The highest BCUT2D eigenvalue weighted by molar-refractivity contribution is 7.96. The van der Waals surface area contributed by atoms with Crippen LogP contribution >= 0.6 is 0 Å². The number of hydrogen-bond acceptors (Lipinski definition) is 8. The van der Waals surface area contributed by atoms with Gasteiger partial charge in [0.25, 0.3) is 5.91 Å². The Morgan fingerprint density at radius 1 is 1.26 bits per heavy atom. The van der Waals surface area contributed by atoms with Gasteiger partial charge in [-0.2, -0.15) is 0 Å². The number of carbonyl (C=O) groups excluding carboxylic acids is 3. The van der Waals surface area contributed by atoms with Gasteiger partial charge in [-0.3, -0.25) is 14.7 Å². The number of carboxylic acids is 2. The molecule has 0 aromatic carbocycles. The number of nitrogens with zero attached hydrogens (tertiary/aromatic N) is 2. The number of sulfone groups is 1. The molecule has 1 aromatic rings. The molecule has 1 unspecified atom stereocenters. The van der Waals surface area contributed by atoms with Crippen molar-refractivity contribution in [3.05, 3.63) is 70.6 Å². The minimum atomic E-state index is -4.27. The molecule has 1 aromatic heterocycles. The molecule has 0 radical (unpaired) electrons. The fraction of sp³-hybridized carbons (Fsp3) is 0.0588. The van der Waals surface area contributed by atoms with E-state index in [-0.39, 0.29) is 5.57 Å². The molecule has 0 N–H and O–H groups in total. The Kier molecular flexibility index (Phi) is 4.28. The predicted octanol–water partition coefficient (Wildman–Crippen LogP) is -2.11. The molecular formula is C17H10N2O7S-2. The van der Waals surface area contributed by atoms with Crippen molar-refractivity contribution in [1.82, 2.24) is 9.88 Å². The number of hydrogen-bond donors (Lipinski definition) is 0. The minimum absolute atomic E-state index is 0.184. The maximum absolute atomic E-state index is 12.7. The molecule has 3 rings (SSSR count). The van der Waals surface area contributed by atoms with Crippen LogP contribution in [0.4, 0.5) is 0 Å². The fourth-order valence-electron chi connectivity index (χ4n) is 2.78. The molecule has 1 saturated heterocycles. The number of allylic oxidation sites excluding steroid dienone is 2. The van der Waals surface area contributed by atoms with Crippen LogP contribution in [0.25, 0.3) is 6.08 Å². The minimum Gasteiger partial charge on any atom is -0.545 e. The largest absolute Gasteiger partial charge is 0.545 e. The molecule has 0 saturated carbocycles. The predicted molar refractivity (Wildman–Crippen MR) is 87.1 cm³/mol. The molecule has 3 heterocycles. The average molecular weight is 386 g/mol. The van der Waals surface area contributed by atoms with E-state index in [0.717, 1.165) is 0 Å². The second kappa shape index (κ2) is 6.32. The van der Waals surface area contributed by atoms with Crippen molar-refractivity contribution in [2.75, 3.05) is 0 Å². The van der Waals surface area contributed by atoms with Crippen molar-refractivity contribution in [3.8, 4) is 0 Å². The molecule has 0 bridgehead atoms. The first kappa shape index (κ1) is 18.3. The van der Waals surface area contributed by atoms with E-state index in [9.17, 15) is 33.0 Å². The Labute approximate surface area is 153 Å². The first-order valence-corrected chi connectivity index (χ1v) is 8.95. The lowest BCUT2D eigenvalue weighted by Crippen LogP contribution is -2.62. The van der Waals surface area contributed by atoms with Gasteiger partial charge >= 0.3 is 0 Å². The summed E-state index contributed by atoms with van der Waals surface area (Å²) in [5.41, 5.74) is -1.21. The van der Waals surface area contributed by atoms with Crippen LogP contribution in [0, 0.1) is 0 Å². The van der Waals surface area contributed by atoms with E-state index in [0.29, 0.717) is 22.7 Å². The monoisotopic (exact) mass is 386 g/mol. The number of rotatable bonds is 4. The molecule has 10 heteroatoms. The Morgan fingerprint density at radius 2 is 1.96 bits per heavy atom. The summed E-state index contributed by atoms with van der Waals surface area (Å²) >= 11 is 0. The summed E-state index contributed by atoms with van der Waals surface area (Å²) in [6, 6.07) is 4.80. The second-order valence-electron chi connectivity index (χ2n) is 5.55. The van der Waals surface area contributed by atoms with Crippen molar-refractivity contribution in [1.29, 1.82) is 0 Å². The number of aliphatic carboxylic acids is 2. The van der Waals surface area contributed by atoms with Crippen LogP contribution in [-0.2, 0) is 24.2 Å². The first-order chi connectivity index (χ1) is 12.7. The SMILES string of the molecule is C=C1C(/C=C/C(=O)[O-])=C(C(=O)[O-])N2C(=O)/C(=C/c3ccccn3)C2S1(=O)=O. The van der Waals surface area contributed by atoms with Crippen LogP contribution in [-0.4, -0.2) is 41.5 Å². The van der Waals surface area contributed by atoms with E-state index in [1.54, 1.807) is 12.1 Å². The van der Waals surface area contributed by atoms with Crippen molar-refractivity contribution in [3.63, 3.8) is 0 Å². The molecule has 27 heavy (non-hydrogen) atoms. The lowest BCUT2D eigenvalue weighted by molar-refractivity contribution is -0.301. The van der Waals surface area contributed by atoms with Gasteiger partial charge in [0.15, 0.2) is 5.37 Å². The normalized spacial score (nSPS) is 22.7. The van der Waals surface area contributed by atoms with E-state index in [1.165, 1.54) is 18.3 Å². The summed E-state index contributed by atoms with van der Waals surface area (Å²) in [6.07, 6.45) is 3.82. The highest BCUT2D eigenvalue weighted by Crippen LogP contribution is 2.44. The summed E-state index contributed by atoms with van der Waals surface area (Å²) in [4.78, 5) is 38.5. The molecular weight excluding hydrogens is 376 g/mol. The summed E-state index contributed by atoms with van der Waals surface area (Å²) in [7, 11) is -4.27. The number of carboxylic acid groups (broad SMARTS) is 2. The summed E-state index contributed by atoms with van der Waals surface area (Å²) in [6.45, 7) is 3.36. The van der Waals surface area contributed by atoms with E-state index in [2.05, 4.69) is 11.6 Å². The molecule has 0 aliphatic carbocycles. The highest BCUT2D eigenvalue weighted by atomic mass is 32.2. The topological polar surface area (TPSA) is 148 Å².